The summed E-state index contributed by atoms with van der Waals surface area (Å²) >= 11 is 0. The van der Waals surface area contributed by atoms with E-state index >= 15 is 0 Å². The number of anilines is 1. The molecular weight excluding hydrogens is 348 g/mol. The molecule has 6 heteroatoms. The highest BCUT2D eigenvalue weighted by atomic mass is 32.2. The van der Waals surface area contributed by atoms with Gasteiger partial charge in [0.05, 0.1) is 4.90 Å². The quantitative estimate of drug-likeness (QED) is 0.794. The number of nitrogens with one attached hydrogen (secondary N) is 1. The molecule has 0 spiro atoms. The van der Waals surface area contributed by atoms with Gasteiger partial charge in [-0.2, -0.15) is 0 Å². The highest BCUT2D eigenvalue weighted by molar-refractivity contribution is 7.92. The number of nitrogens with zero attached hydrogens (tertiary/aromatic N) is 1. The van der Waals surface area contributed by atoms with Crippen LogP contribution in [0.4, 0.5) is 5.69 Å². The van der Waals surface area contributed by atoms with Gasteiger partial charge < -0.3 is 4.90 Å². The Kier molecular flexibility index (Phi) is 6.42. The van der Waals surface area contributed by atoms with Gasteiger partial charge in [0.1, 0.15) is 0 Å². The molecule has 2 aromatic carbocycles. The summed E-state index contributed by atoms with van der Waals surface area (Å²) in [6, 6.07) is 13.4. The highest BCUT2D eigenvalue weighted by Gasteiger charge is 2.17. The molecule has 1 N–H and O–H groups in total. The number of carbonyl (C=O) groups is 1. The number of hydrogen-bond donors (Lipinski definition) is 1. The average molecular weight is 375 g/mol. The third-order valence-corrected chi connectivity index (χ3v) is 5.67. The zero-order chi connectivity index (χ0) is 19.3. The molecule has 0 aliphatic rings. The molecular formula is C20H26N2O3S. The fourth-order valence-electron chi connectivity index (χ4n) is 2.66. The first kappa shape index (κ1) is 20.0. The molecule has 26 heavy (non-hydrogen) atoms. The van der Waals surface area contributed by atoms with E-state index in [1.165, 1.54) is 0 Å². The fourth-order valence-corrected chi connectivity index (χ4v) is 3.70. The van der Waals surface area contributed by atoms with Crippen LogP contribution in [-0.2, 0) is 10.0 Å². The monoisotopic (exact) mass is 374 g/mol. The molecule has 0 atom stereocenters. The number of carbonyl (C=O) groups excluding carboxylic acids is 1. The minimum absolute atomic E-state index is 0.114. The number of sulfonamides is 1. The summed E-state index contributed by atoms with van der Waals surface area (Å²) < 4.78 is 27.8. The molecule has 0 saturated carbocycles. The molecule has 2 aromatic rings. The van der Waals surface area contributed by atoms with E-state index in [0.29, 0.717) is 30.3 Å². The van der Waals surface area contributed by atoms with E-state index < -0.39 is 10.0 Å². The predicted octanol–water partition coefficient (Wildman–Crippen LogP) is 4.09. The second kappa shape index (κ2) is 8.36. The summed E-state index contributed by atoms with van der Waals surface area (Å²) in [5, 5.41) is 0. The molecule has 0 bridgehead atoms. The number of benzene rings is 2. The van der Waals surface area contributed by atoms with Crippen LogP contribution >= 0.6 is 0 Å². The van der Waals surface area contributed by atoms with Gasteiger partial charge in [-0.3, -0.25) is 9.52 Å². The van der Waals surface area contributed by atoms with Crippen LogP contribution < -0.4 is 4.72 Å². The molecule has 2 rings (SSSR count). The largest absolute Gasteiger partial charge is 0.339 e. The van der Waals surface area contributed by atoms with Crippen molar-refractivity contribution in [3.63, 3.8) is 0 Å². The van der Waals surface area contributed by atoms with Crippen molar-refractivity contribution in [1.29, 1.82) is 0 Å². The topological polar surface area (TPSA) is 66.5 Å². The van der Waals surface area contributed by atoms with E-state index in [-0.39, 0.29) is 10.8 Å². The van der Waals surface area contributed by atoms with Crippen LogP contribution in [0, 0.1) is 0 Å². The van der Waals surface area contributed by atoms with Crippen LogP contribution in [0.25, 0.3) is 0 Å². The van der Waals surface area contributed by atoms with E-state index in [4.69, 9.17) is 0 Å². The maximum Gasteiger partial charge on any atom is 0.261 e. The fraction of sp³-hybridized carbons (Fsp3) is 0.350. The number of amides is 1. The van der Waals surface area contributed by atoms with Crippen molar-refractivity contribution in [2.45, 2.75) is 38.5 Å². The second-order valence-corrected chi connectivity index (χ2v) is 8.07. The van der Waals surface area contributed by atoms with Gasteiger partial charge in [0.15, 0.2) is 0 Å². The van der Waals surface area contributed by atoms with E-state index in [1.54, 1.807) is 41.3 Å². The third kappa shape index (κ3) is 4.64. The van der Waals surface area contributed by atoms with Gasteiger partial charge in [-0.1, -0.05) is 32.0 Å². The van der Waals surface area contributed by atoms with E-state index in [9.17, 15) is 13.2 Å². The van der Waals surface area contributed by atoms with Gasteiger partial charge in [0, 0.05) is 24.3 Å². The summed E-state index contributed by atoms with van der Waals surface area (Å²) in [4.78, 5) is 14.3. The zero-order valence-electron chi connectivity index (χ0n) is 15.7. The first-order valence-electron chi connectivity index (χ1n) is 8.80. The molecule has 0 fully saturated rings. The Morgan fingerprint density at radius 3 is 2.19 bits per heavy atom. The van der Waals surface area contributed by atoms with Crippen LogP contribution in [0.5, 0.6) is 0 Å². The van der Waals surface area contributed by atoms with Gasteiger partial charge in [-0.15, -0.1) is 0 Å². The van der Waals surface area contributed by atoms with Gasteiger partial charge >= 0.3 is 0 Å². The second-order valence-electron chi connectivity index (χ2n) is 6.39. The lowest BCUT2D eigenvalue weighted by atomic mass is 10.0. The van der Waals surface area contributed by atoms with Crippen molar-refractivity contribution in [3.8, 4) is 0 Å². The predicted molar refractivity (Wildman–Crippen MR) is 105 cm³/mol. The average Bonchev–Trinajstić information content (AvgIpc) is 2.62. The smallest absolute Gasteiger partial charge is 0.261 e. The van der Waals surface area contributed by atoms with Crippen LogP contribution in [0.3, 0.4) is 0 Å². The Hall–Kier alpha value is -2.34. The molecule has 0 heterocycles. The molecule has 0 unspecified atom stereocenters. The normalized spacial score (nSPS) is 11.4. The van der Waals surface area contributed by atoms with Gasteiger partial charge in [0.25, 0.3) is 15.9 Å². The Morgan fingerprint density at radius 2 is 1.65 bits per heavy atom. The van der Waals surface area contributed by atoms with Crippen molar-refractivity contribution in [1.82, 2.24) is 4.90 Å². The van der Waals surface area contributed by atoms with Crippen molar-refractivity contribution >= 4 is 21.6 Å². The maximum atomic E-state index is 12.6. The van der Waals surface area contributed by atoms with Crippen LogP contribution in [0.15, 0.2) is 53.4 Å². The summed E-state index contributed by atoms with van der Waals surface area (Å²) in [7, 11) is -3.70. The SMILES string of the molecule is CCN(CC)C(=O)c1cccc(NS(=O)(=O)c2ccc(C(C)C)cc2)c1. The summed E-state index contributed by atoms with van der Waals surface area (Å²) in [5.41, 5.74) is 1.91. The summed E-state index contributed by atoms with van der Waals surface area (Å²) in [5.74, 6) is 0.222. The molecule has 0 radical (unpaired) electrons. The molecule has 0 aromatic heterocycles. The summed E-state index contributed by atoms with van der Waals surface area (Å²) in [6.45, 7) is 9.14. The minimum Gasteiger partial charge on any atom is -0.339 e. The summed E-state index contributed by atoms with van der Waals surface area (Å²) in [6.07, 6.45) is 0. The van der Waals surface area contributed by atoms with E-state index in [1.807, 2.05) is 26.0 Å². The molecule has 0 saturated heterocycles. The van der Waals surface area contributed by atoms with E-state index in [0.717, 1.165) is 5.56 Å². The Labute approximate surface area is 156 Å². The highest BCUT2D eigenvalue weighted by Crippen LogP contribution is 2.21. The zero-order valence-corrected chi connectivity index (χ0v) is 16.5. The van der Waals surface area contributed by atoms with Crippen molar-refractivity contribution in [2.24, 2.45) is 0 Å². The first-order chi connectivity index (χ1) is 12.3. The minimum atomic E-state index is -3.70. The van der Waals surface area contributed by atoms with Crippen LogP contribution in [-0.4, -0.2) is 32.3 Å². The van der Waals surface area contributed by atoms with Crippen molar-refractivity contribution in [3.05, 3.63) is 59.7 Å². The Morgan fingerprint density at radius 1 is 1.04 bits per heavy atom. The van der Waals surface area contributed by atoms with Gasteiger partial charge in [-0.25, -0.2) is 8.42 Å². The maximum absolute atomic E-state index is 12.6. The Bertz CT molecular complexity index is 855. The van der Waals surface area contributed by atoms with Crippen molar-refractivity contribution < 1.29 is 13.2 Å². The van der Waals surface area contributed by atoms with Gasteiger partial charge in [0.2, 0.25) is 0 Å². The molecule has 140 valence electrons. The number of hydrogen-bond acceptors (Lipinski definition) is 3. The standard InChI is InChI=1S/C20H26N2O3S/c1-5-22(6-2)20(23)17-8-7-9-18(14-17)21-26(24,25)19-12-10-16(11-13-19)15(3)4/h7-15,21H,5-6H2,1-4H3. The lowest BCUT2D eigenvalue weighted by Gasteiger charge is -2.19. The molecule has 1 amide bonds. The number of rotatable bonds is 7. The van der Waals surface area contributed by atoms with Crippen LogP contribution in [0.1, 0.15) is 49.5 Å². The Balaban J connectivity index is 2.24. The lowest BCUT2D eigenvalue weighted by Crippen LogP contribution is -2.30. The van der Waals surface area contributed by atoms with Crippen LogP contribution in [0.2, 0.25) is 0 Å². The molecule has 0 aliphatic carbocycles. The lowest BCUT2D eigenvalue weighted by molar-refractivity contribution is 0.0773. The molecule has 5 nitrogen and oxygen atoms in total. The first-order valence-corrected chi connectivity index (χ1v) is 10.3. The van der Waals surface area contributed by atoms with Crippen molar-refractivity contribution in [2.75, 3.05) is 17.8 Å². The molecule has 0 aliphatic heterocycles. The third-order valence-electron chi connectivity index (χ3n) is 4.27. The van der Waals surface area contributed by atoms with Gasteiger partial charge in [-0.05, 0) is 55.7 Å². The van der Waals surface area contributed by atoms with E-state index in [2.05, 4.69) is 18.6 Å².